The number of nitrogens with one attached hydrogen (secondary N) is 1. The fraction of sp³-hybridized carbons (Fsp3) is 0.440. The molecular weight excluding hydrogens is 517 g/mol. The Balaban J connectivity index is 1.68. The average Bonchev–Trinajstić information content (AvgIpc) is 2.78. The molecule has 3 rings (SSSR count). The molecule has 0 bridgehead atoms. The van der Waals surface area contributed by atoms with E-state index in [0.29, 0.717) is 37.1 Å². The number of hydrogen-bond acceptors (Lipinski definition) is 7. The first-order chi connectivity index (χ1) is 17.4. The standard InChI is InChI=1S/C25H28ClF3N2O6/c1-24(2,3)37-23(33)31-11-10-18(34-15-32)13-17(31)14-35-30-16-8-9-19(21(26)12-16)20-6-4-5-7-22(20)36-25(27,28)29/h4-9,12,15,17-18,30H,10-11,13-14H2,1-3H3/t17-,18-/m1/s1. The molecule has 0 unspecified atom stereocenters. The van der Waals surface area contributed by atoms with Crippen LogP contribution in [0.2, 0.25) is 5.02 Å². The Morgan fingerprint density at radius 2 is 1.89 bits per heavy atom. The lowest BCUT2D eigenvalue weighted by Gasteiger charge is -2.38. The molecule has 0 saturated carbocycles. The molecule has 8 nitrogen and oxygen atoms in total. The zero-order chi connectivity index (χ0) is 27.2. The maximum Gasteiger partial charge on any atom is 0.573 e. The van der Waals surface area contributed by atoms with Crippen molar-refractivity contribution in [1.29, 1.82) is 0 Å². The minimum Gasteiger partial charge on any atom is -0.464 e. The number of para-hydroxylation sites is 1. The molecule has 1 amide bonds. The van der Waals surface area contributed by atoms with E-state index in [-0.39, 0.29) is 29.0 Å². The van der Waals surface area contributed by atoms with E-state index >= 15 is 0 Å². The molecule has 2 atom stereocenters. The summed E-state index contributed by atoms with van der Waals surface area (Å²) in [4.78, 5) is 30.6. The first-order valence-corrected chi connectivity index (χ1v) is 11.9. The number of alkyl halides is 3. The zero-order valence-corrected chi connectivity index (χ0v) is 21.3. The molecule has 0 aliphatic carbocycles. The highest BCUT2D eigenvalue weighted by Crippen LogP contribution is 2.38. The van der Waals surface area contributed by atoms with Gasteiger partial charge in [0.05, 0.1) is 23.4 Å². The molecule has 1 aliphatic rings. The van der Waals surface area contributed by atoms with Gasteiger partial charge < -0.3 is 19.1 Å². The molecule has 202 valence electrons. The molecule has 1 fully saturated rings. The Labute approximate surface area is 217 Å². The number of hydrogen-bond donors (Lipinski definition) is 1. The van der Waals surface area contributed by atoms with Gasteiger partial charge in [0.2, 0.25) is 0 Å². The third-order valence-electron chi connectivity index (χ3n) is 5.38. The lowest BCUT2D eigenvalue weighted by atomic mass is 10.0. The largest absolute Gasteiger partial charge is 0.573 e. The minimum atomic E-state index is -4.85. The molecular formula is C25H28ClF3N2O6. The normalized spacial score (nSPS) is 18.2. The van der Waals surface area contributed by atoms with Gasteiger partial charge in [-0.1, -0.05) is 35.9 Å². The molecule has 1 saturated heterocycles. The summed E-state index contributed by atoms with van der Waals surface area (Å²) in [5.74, 6) is -0.375. The highest BCUT2D eigenvalue weighted by Gasteiger charge is 2.35. The van der Waals surface area contributed by atoms with Gasteiger partial charge >= 0.3 is 12.5 Å². The summed E-state index contributed by atoms with van der Waals surface area (Å²) in [6, 6.07) is 9.85. The summed E-state index contributed by atoms with van der Waals surface area (Å²) in [5.41, 5.74) is 3.00. The predicted octanol–water partition coefficient (Wildman–Crippen LogP) is 6.19. The first kappa shape index (κ1) is 28.4. The predicted molar refractivity (Wildman–Crippen MR) is 130 cm³/mol. The van der Waals surface area contributed by atoms with Crippen LogP contribution in [0.15, 0.2) is 42.5 Å². The lowest BCUT2D eigenvalue weighted by Crippen LogP contribution is -2.51. The maximum atomic E-state index is 12.8. The van der Waals surface area contributed by atoms with Gasteiger partial charge in [-0.25, -0.2) is 4.79 Å². The molecule has 0 aromatic heterocycles. The van der Waals surface area contributed by atoms with Crippen molar-refractivity contribution in [1.82, 2.24) is 4.90 Å². The number of anilines is 1. The molecule has 1 N–H and O–H groups in total. The summed E-state index contributed by atoms with van der Waals surface area (Å²) in [5, 5.41) is 0.166. The van der Waals surface area contributed by atoms with E-state index in [4.69, 9.17) is 25.9 Å². The summed E-state index contributed by atoms with van der Waals surface area (Å²) in [7, 11) is 0. The van der Waals surface area contributed by atoms with E-state index in [0.717, 1.165) is 0 Å². The van der Waals surface area contributed by atoms with Crippen LogP contribution >= 0.6 is 11.6 Å². The van der Waals surface area contributed by atoms with Crippen LogP contribution in [0.1, 0.15) is 33.6 Å². The summed E-state index contributed by atoms with van der Waals surface area (Å²) < 4.78 is 53.0. The zero-order valence-electron chi connectivity index (χ0n) is 20.5. The third-order valence-corrected chi connectivity index (χ3v) is 5.69. The van der Waals surface area contributed by atoms with Crippen molar-refractivity contribution in [3.8, 4) is 16.9 Å². The van der Waals surface area contributed by atoms with Crippen molar-refractivity contribution < 1.29 is 41.8 Å². The van der Waals surface area contributed by atoms with Crippen LogP contribution in [0.5, 0.6) is 5.75 Å². The number of halogens is 4. The maximum absolute atomic E-state index is 12.8. The van der Waals surface area contributed by atoms with Crippen molar-refractivity contribution in [3.63, 3.8) is 0 Å². The van der Waals surface area contributed by atoms with E-state index in [1.165, 1.54) is 35.2 Å². The van der Waals surface area contributed by atoms with Crippen LogP contribution in [-0.2, 0) is 19.1 Å². The fourth-order valence-corrected chi connectivity index (χ4v) is 4.14. The van der Waals surface area contributed by atoms with Crippen LogP contribution in [0, 0.1) is 0 Å². The number of piperidine rings is 1. The smallest absolute Gasteiger partial charge is 0.464 e. The van der Waals surface area contributed by atoms with Crippen molar-refractivity contribution in [2.24, 2.45) is 0 Å². The second-order valence-corrected chi connectivity index (χ2v) is 9.77. The number of nitrogens with zero attached hydrogens (tertiary/aromatic N) is 1. The molecule has 12 heteroatoms. The number of amides is 1. The Hall–Kier alpha value is -3.18. The van der Waals surface area contributed by atoms with Crippen molar-refractivity contribution >= 4 is 29.9 Å². The average molecular weight is 545 g/mol. The monoisotopic (exact) mass is 544 g/mol. The van der Waals surface area contributed by atoms with E-state index in [9.17, 15) is 22.8 Å². The van der Waals surface area contributed by atoms with E-state index < -0.39 is 24.1 Å². The minimum absolute atomic E-state index is 0.0413. The van der Waals surface area contributed by atoms with E-state index in [1.807, 2.05) is 0 Å². The number of likely N-dealkylation sites (tertiary alicyclic amines) is 1. The molecule has 0 spiro atoms. The summed E-state index contributed by atoms with van der Waals surface area (Å²) in [6.07, 6.45) is -4.89. The number of carbonyl (C=O) groups is 2. The van der Waals surface area contributed by atoms with Gasteiger partial charge in [-0.2, -0.15) is 0 Å². The molecule has 0 radical (unpaired) electrons. The highest BCUT2D eigenvalue weighted by molar-refractivity contribution is 6.33. The quantitative estimate of drug-likeness (QED) is 0.313. The van der Waals surface area contributed by atoms with Crippen LogP contribution in [0.25, 0.3) is 11.1 Å². The van der Waals surface area contributed by atoms with Gasteiger partial charge in [-0.3, -0.25) is 15.1 Å². The number of rotatable bonds is 8. The number of ether oxygens (including phenoxy) is 3. The number of carbonyl (C=O) groups excluding carboxylic acids is 2. The van der Waals surface area contributed by atoms with Crippen LogP contribution in [-0.4, -0.2) is 54.7 Å². The molecule has 37 heavy (non-hydrogen) atoms. The topological polar surface area (TPSA) is 86.3 Å². The van der Waals surface area contributed by atoms with Crippen LogP contribution < -0.4 is 10.2 Å². The second-order valence-electron chi connectivity index (χ2n) is 9.36. The Bertz CT molecular complexity index is 1090. The van der Waals surface area contributed by atoms with E-state index in [1.54, 1.807) is 32.9 Å². The lowest BCUT2D eigenvalue weighted by molar-refractivity contribution is -0.274. The van der Waals surface area contributed by atoms with Gasteiger partial charge in [0.15, 0.2) is 0 Å². The van der Waals surface area contributed by atoms with Gasteiger partial charge in [0.1, 0.15) is 17.5 Å². The first-order valence-electron chi connectivity index (χ1n) is 11.5. The second kappa shape index (κ2) is 11.9. The van der Waals surface area contributed by atoms with Gasteiger partial charge in [0, 0.05) is 30.5 Å². The van der Waals surface area contributed by atoms with Crippen molar-refractivity contribution in [2.45, 2.75) is 57.7 Å². The molecule has 1 aliphatic heterocycles. The number of benzene rings is 2. The van der Waals surface area contributed by atoms with E-state index in [2.05, 4.69) is 10.2 Å². The summed E-state index contributed by atoms with van der Waals surface area (Å²) in [6.45, 7) is 6.04. The van der Waals surface area contributed by atoms with Gasteiger partial charge in [-0.15, -0.1) is 13.2 Å². The highest BCUT2D eigenvalue weighted by atomic mass is 35.5. The molecule has 2 aromatic carbocycles. The molecule has 1 heterocycles. The molecule has 2 aromatic rings. The third kappa shape index (κ3) is 8.43. The Morgan fingerprint density at radius 3 is 2.54 bits per heavy atom. The summed E-state index contributed by atoms with van der Waals surface area (Å²) >= 11 is 6.36. The van der Waals surface area contributed by atoms with Crippen molar-refractivity contribution in [3.05, 3.63) is 47.5 Å². The van der Waals surface area contributed by atoms with Gasteiger partial charge in [0.25, 0.3) is 6.47 Å². The van der Waals surface area contributed by atoms with Crippen molar-refractivity contribution in [2.75, 3.05) is 18.6 Å². The Morgan fingerprint density at radius 1 is 1.16 bits per heavy atom. The van der Waals surface area contributed by atoms with Crippen LogP contribution in [0.4, 0.5) is 23.7 Å². The van der Waals surface area contributed by atoms with Gasteiger partial charge in [-0.05, 0) is 39.0 Å². The fourth-order valence-electron chi connectivity index (χ4n) is 3.86. The Kier molecular flexibility index (Phi) is 9.14. The SMILES string of the molecule is CC(C)(C)OC(=O)N1CC[C@@H](OC=O)C[C@@H]1CONc1ccc(-c2ccccc2OC(F)(F)F)c(Cl)c1. The van der Waals surface area contributed by atoms with Crippen LogP contribution in [0.3, 0.4) is 0 Å².